The molecule has 5 atom stereocenters. The molecule has 9 heterocycles. The van der Waals surface area contributed by atoms with E-state index in [1.54, 1.807) is 42.5 Å². The largest absolute Gasteiger partial charge is 0.477 e. The number of hydrogen-bond acceptors (Lipinski definition) is 15. The standard InChI is InChI=1S/C26H24Cl2N2O3S2.C20H13BrCl2N2O2S2.C14H11BrN2O2S/c27-18-8-9-19(28)21(12-18)35-24-20(31)13-26(30-25(24)32,17-10-11-34-15-17)22-6-3-7-23(29-22)33-14-16-4-1-2-5-16;21-17-3-1-2-16(24-17)20(11-6-7-28-10-11)9-14(26)18(19(27)25-20)29-15-8-12(22)4-5-13(15)23;15-12-3-1-2-11(16-12)14(9-4-5-20-8-9)7-10(18)6-13(19)17-14/h3,6-12,15-16,24H,1-2,4-5,13-14H2,(H,30,32);1-8,10,18H,9H2,(H,25,27);1-5,8H,6-7H2,(H,17,19). The van der Waals surface area contributed by atoms with Crippen molar-refractivity contribution >= 4 is 171 Å². The Balaban J connectivity index is 0.000000146. The Morgan fingerprint density at radius 1 is 0.548 bits per heavy atom. The molecule has 8 aromatic rings. The van der Waals surface area contributed by atoms with Gasteiger partial charge in [-0.3, -0.25) is 28.8 Å². The van der Waals surface area contributed by atoms with Crippen molar-refractivity contribution in [3.63, 3.8) is 0 Å². The number of thioether (sulfide) groups is 2. The first-order chi connectivity index (χ1) is 40.4. The number of thiophene rings is 3. The fraction of sp³-hybridized carbons (Fsp3) is 0.250. The molecule has 3 amide bonds. The number of ether oxygens (including phenoxy) is 1. The number of carbonyl (C=O) groups excluding carboxylic acids is 6. The van der Waals surface area contributed by atoms with Gasteiger partial charge in [0.15, 0.2) is 11.6 Å². The van der Waals surface area contributed by atoms with Gasteiger partial charge in [0.05, 0.1) is 40.2 Å². The second-order valence-corrected chi connectivity index (χ2v) is 28.1. The Hall–Kier alpha value is -4.97. The summed E-state index contributed by atoms with van der Waals surface area (Å²) in [5.41, 5.74) is 1.51. The number of nitrogens with zero attached hydrogens (tertiary/aromatic N) is 3. The number of piperidine rings is 3. The maximum atomic E-state index is 13.5. The zero-order chi connectivity index (χ0) is 59.2. The van der Waals surface area contributed by atoms with Crippen LogP contribution in [0.4, 0.5) is 0 Å². The van der Waals surface area contributed by atoms with E-state index in [0.29, 0.717) is 74.6 Å². The van der Waals surface area contributed by atoms with Crippen molar-refractivity contribution in [1.29, 1.82) is 0 Å². The van der Waals surface area contributed by atoms with Gasteiger partial charge in [0, 0.05) is 45.2 Å². The van der Waals surface area contributed by atoms with Crippen LogP contribution in [0, 0.1) is 5.92 Å². The van der Waals surface area contributed by atoms with Crippen molar-refractivity contribution in [3.8, 4) is 5.88 Å². The summed E-state index contributed by atoms with van der Waals surface area (Å²) in [5, 5.41) is 20.8. The summed E-state index contributed by atoms with van der Waals surface area (Å²) in [4.78, 5) is 91.9. The molecule has 4 fully saturated rings. The number of carbonyl (C=O) groups is 6. The molecule has 0 spiro atoms. The number of amides is 3. The lowest BCUT2D eigenvalue weighted by Crippen LogP contribution is -2.58. The highest BCUT2D eigenvalue weighted by Gasteiger charge is 2.50. The summed E-state index contributed by atoms with van der Waals surface area (Å²) in [5.74, 6) is -0.409. The van der Waals surface area contributed by atoms with Gasteiger partial charge in [0.1, 0.15) is 42.1 Å². The Bertz CT molecular complexity index is 3690. The topological polar surface area (TPSA) is 186 Å². The Labute approximate surface area is 541 Å². The van der Waals surface area contributed by atoms with Crippen molar-refractivity contribution in [2.24, 2.45) is 5.92 Å². The van der Waals surface area contributed by atoms with Gasteiger partial charge in [-0.05, 0) is 185 Å². The highest BCUT2D eigenvalue weighted by molar-refractivity contribution is 9.10. The molecular weight excluding hydrogens is 1380 g/mol. The lowest BCUT2D eigenvalue weighted by Gasteiger charge is -2.39. The minimum Gasteiger partial charge on any atom is -0.477 e. The van der Waals surface area contributed by atoms with Crippen LogP contribution in [0.1, 0.15) is 85.1 Å². The van der Waals surface area contributed by atoms with Gasteiger partial charge in [0.25, 0.3) is 0 Å². The van der Waals surface area contributed by atoms with E-state index in [2.05, 4.69) is 57.8 Å². The van der Waals surface area contributed by atoms with Crippen LogP contribution >= 0.6 is 136 Å². The molecule has 4 aliphatic rings. The van der Waals surface area contributed by atoms with E-state index in [1.807, 2.05) is 99.0 Å². The second kappa shape index (κ2) is 27.4. The van der Waals surface area contributed by atoms with Crippen LogP contribution in [0.5, 0.6) is 5.88 Å². The lowest BCUT2D eigenvalue weighted by molar-refractivity contribution is -0.135. The molecule has 3 aliphatic heterocycles. The van der Waals surface area contributed by atoms with Crippen LogP contribution in [0.2, 0.25) is 20.1 Å². The molecule has 6 aromatic heterocycles. The van der Waals surface area contributed by atoms with Crippen molar-refractivity contribution in [1.82, 2.24) is 30.9 Å². The fourth-order valence-corrected chi connectivity index (χ4v) is 16.4. The predicted octanol–water partition coefficient (Wildman–Crippen LogP) is 14.8. The first kappa shape index (κ1) is 62.1. The number of pyridine rings is 3. The van der Waals surface area contributed by atoms with Gasteiger partial charge in [-0.1, -0.05) is 77.4 Å². The number of hydrogen-bond donors (Lipinski definition) is 3. The molecule has 13 nitrogen and oxygen atoms in total. The average Bonchev–Trinajstić information content (AvgIpc) is 4.08. The summed E-state index contributed by atoms with van der Waals surface area (Å²) in [6.45, 7) is 0.631. The van der Waals surface area contributed by atoms with E-state index >= 15 is 0 Å². The molecule has 1 aliphatic carbocycles. The maximum Gasteiger partial charge on any atom is 0.242 e. The van der Waals surface area contributed by atoms with Gasteiger partial charge >= 0.3 is 0 Å². The second-order valence-electron chi connectivity index (χ2n) is 20.1. The van der Waals surface area contributed by atoms with E-state index in [9.17, 15) is 28.8 Å². The minimum atomic E-state index is -1.06. The quantitative estimate of drug-likeness (QED) is 0.0734. The van der Waals surface area contributed by atoms with Crippen LogP contribution < -0.4 is 20.7 Å². The molecule has 3 saturated heterocycles. The predicted molar refractivity (Wildman–Crippen MR) is 341 cm³/mol. The van der Waals surface area contributed by atoms with Gasteiger partial charge in [-0.2, -0.15) is 34.0 Å². The SMILES string of the molecule is O=C1CC(=O)NC(c2ccsc2)(c2cccc(Br)n2)C1.O=C1CC(c2ccsc2)(c2cccc(Br)n2)NC(=O)C1Sc1cc(Cl)ccc1Cl.O=C1CC(c2ccsc2)(c2cccc(OCC3CCCC3)n2)NC(=O)C1Sc1cc(Cl)ccc1Cl. The van der Waals surface area contributed by atoms with Crippen molar-refractivity contribution in [3.05, 3.63) is 205 Å². The van der Waals surface area contributed by atoms with Crippen LogP contribution in [0.25, 0.3) is 0 Å². The monoisotopic (exact) mass is 1420 g/mol. The van der Waals surface area contributed by atoms with Crippen LogP contribution in [-0.4, -0.2) is 67.1 Å². The number of benzene rings is 2. The molecule has 84 heavy (non-hydrogen) atoms. The molecule has 432 valence electrons. The third-order valence-electron chi connectivity index (χ3n) is 14.5. The van der Waals surface area contributed by atoms with Gasteiger partial charge in [-0.25, -0.2) is 15.0 Å². The number of nitrogens with one attached hydrogen (secondary N) is 3. The van der Waals surface area contributed by atoms with Crippen LogP contribution in [-0.2, 0) is 45.4 Å². The average molecular weight is 1430 g/mol. The molecule has 0 radical (unpaired) electrons. The lowest BCUT2D eigenvalue weighted by atomic mass is 9.79. The molecular formula is C60H48Br2Cl4N6O7S5. The third kappa shape index (κ3) is 14.0. The maximum absolute atomic E-state index is 13.5. The summed E-state index contributed by atoms with van der Waals surface area (Å²) in [6.07, 6.45) is 5.20. The zero-order valence-electron chi connectivity index (χ0n) is 44.0. The van der Waals surface area contributed by atoms with Crippen molar-refractivity contribution < 1.29 is 33.5 Å². The van der Waals surface area contributed by atoms with Crippen LogP contribution in [0.15, 0.2) is 160 Å². The number of ketones is 3. The number of halogens is 6. The number of Topliss-reactive ketones (excluding diaryl/α,β-unsaturated/α-hetero) is 3. The number of rotatable bonds is 13. The Morgan fingerprint density at radius 2 is 0.988 bits per heavy atom. The molecule has 2 aromatic carbocycles. The summed E-state index contributed by atoms with van der Waals surface area (Å²) in [7, 11) is 0. The third-order valence-corrected chi connectivity index (χ3v) is 21.4. The Morgan fingerprint density at radius 3 is 1.40 bits per heavy atom. The molecule has 5 unspecified atom stereocenters. The summed E-state index contributed by atoms with van der Waals surface area (Å²) < 4.78 is 7.34. The van der Waals surface area contributed by atoms with Gasteiger partial charge in [0.2, 0.25) is 23.6 Å². The molecule has 0 bridgehead atoms. The van der Waals surface area contributed by atoms with Crippen molar-refractivity contribution in [2.45, 2.75) is 88.3 Å². The highest BCUT2D eigenvalue weighted by atomic mass is 79.9. The molecule has 1 saturated carbocycles. The Kier molecular flexibility index (Phi) is 20.2. The van der Waals surface area contributed by atoms with E-state index in [1.165, 1.54) is 59.7 Å². The minimum absolute atomic E-state index is 0.0557. The molecule has 12 rings (SSSR count). The highest BCUT2D eigenvalue weighted by Crippen LogP contribution is 2.45. The molecule has 3 N–H and O–H groups in total. The van der Waals surface area contributed by atoms with E-state index in [-0.39, 0.29) is 60.8 Å². The van der Waals surface area contributed by atoms with Crippen LogP contribution in [0.3, 0.4) is 0 Å². The van der Waals surface area contributed by atoms with E-state index in [4.69, 9.17) is 56.1 Å². The zero-order valence-corrected chi connectivity index (χ0v) is 54.2. The van der Waals surface area contributed by atoms with Gasteiger partial charge < -0.3 is 20.7 Å². The first-order valence-corrected chi connectivity index (χ1v) is 33.8. The fourth-order valence-electron chi connectivity index (χ4n) is 10.5. The smallest absolute Gasteiger partial charge is 0.242 e. The summed E-state index contributed by atoms with van der Waals surface area (Å²) >= 11 is 38.2. The van der Waals surface area contributed by atoms with Gasteiger partial charge in [-0.15, -0.1) is 23.5 Å². The van der Waals surface area contributed by atoms with E-state index in [0.717, 1.165) is 40.2 Å². The summed E-state index contributed by atoms with van der Waals surface area (Å²) in [6, 6.07) is 32.2. The molecule has 24 heteroatoms. The van der Waals surface area contributed by atoms with E-state index < -0.39 is 27.1 Å². The van der Waals surface area contributed by atoms with Crippen molar-refractivity contribution in [2.75, 3.05) is 6.61 Å². The number of aromatic nitrogens is 3. The first-order valence-electron chi connectivity index (χ1n) is 26.1. The normalized spacial score (nSPS) is 22.5.